The van der Waals surface area contributed by atoms with Gasteiger partial charge in [0, 0.05) is 24.6 Å². The van der Waals surface area contributed by atoms with Crippen molar-refractivity contribution in [1.29, 1.82) is 0 Å². The van der Waals surface area contributed by atoms with E-state index in [1.54, 1.807) is 20.2 Å². The molecule has 0 radical (unpaired) electrons. The predicted molar refractivity (Wildman–Crippen MR) is 167 cm³/mol. The summed E-state index contributed by atoms with van der Waals surface area (Å²) in [5, 5.41) is 48.6. The summed E-state index contributed by atoms with van der Waals surface area (Å²) in [4.78, 5) is 41.2. The van der Waals surface area contributed by atoms with Gasteiger partial charge < -0.3 is 31.5 Å². The van der Waals surface area contributed by atoms with Gasteiger partial charge in [0.15, 0.2) is 11.4 Å². The molecule has 45 heavy (non-hydrogen) atoms. The highest BCUT2D eigenvalue weighted by Crippen LogP contribution is 2.53. The number of allylic oxidation sites excluding steroid dienone is 2. The fraction of sp³-hybridized carbons (Fsp3) is 0.400. The summed E-state index contributed by atoms with van der Waals surface area (Å²) >= 11 is 0. The lowest BCUT2D eigenvalue weighted by atomic mass is 9.58. The topological polar surface area (TPSA) is 173 Å². The number of hydrogen-bond acceptors (Lipinski definition) is 9. The number of primary amides is 1. The molecule has 4 atom stereocenters. The number of aliphatic hydroxyl groups excluding tert-OH is 2. The number of rotatable bonds is 7. The number of carbonyl (C=O) groups is 3. The second kappa shape index (κ2) is 11.6. The van der Waals surface area contributed by atoms with Gasteiger partial charge in [0.1, 0.15) is 22.8 Å². The van der Waals surface area contributed by atoms with Crippen LogP contribution in [0.15, 0.2) is 70.7 Å². The summed E-state index contributed by atoms with van der Waals surface area (Å²) in [6, 6.07) is 10.2. The minimum Gasteiger partial charge on any atom is -0.510 e. The maximum atomic E-state index is 14.0. The van der Waals surface area contributed by atoms with Crippen molar-refractivity contribution in [2.75, 3.05) is 20.6 Å². The molecule has 0 fully saturated rings. The highest BCUT2D eigenvalue weighted by Gasteiger charge is 2.63. The largest absolute Gasteiger partial charge is 0.510 e. The highest BCUT2D eigenvalue weighted by atomic mass is 16.3. The second-order valence-electron chi connectivity index (χ2n) is 12.9. The van der Waals surface area contributed by atoms with Crippen molar-refractivity contribution in [2.45, 2.75) is 56.7 Å². The first kappa shape index (κ1) is 30.8. The first-order valence-corrected chi connectivity index (χ1v) is 15.4. The SMILES string of the molecule is CN(C)[C@@H]1C(O)=C(C(N)=O)C(=O)[C@@]2(O)C(O)=C3C(=O)c4c(O)ccc(-c5ccc(CNCC6=CCCCC6)cc5)c4C[C@H]3C[C@@H]12. The van der Waals surface area contributed by atoms with E-state index in [2.05, 4.69) is 11.4 Å². The van der Waals surface area contributed by atoms with E-state index in [1.807, 2.05) is 24.3 Å². The van der Waals surface area contributed by atoms with E-state index in [-0.39, 0.29) is 29.7 Å². The Hall–Kier alpha value is -4.25. The van der Waals surface area contributed by atoms with Crippen LogP contribution in [0.25, 0.3) is 11.1 Å². The van der Waals surface area contributed by atoms with Gasteiger partial charge in [-0.3, -0.25) is 19.3 Å². The molecule has 0 aromatic heterocycles. The molecule has 10 nitrogen and oxygen atoms in total. The lowest BCUT2D eigenvalue weighted by molar-refractivity contribution is -0.148. The number of nitrogens with zero attached hydrogens (tertiary/aromatic N) is 1. The Kier molecular flexibility index (Phi) is 7.93. The molecular formula is C35H39N3O7. The van der Waals surface area contributed by atoms with Crippen molar-refractivity contribution in [3.8, 4) is 16.9 Å². The monoisotopic (exact) mass is 613 g/mol. The van der Waals surface area contributed by atoms with E-state index >= 15 is 0 Å². The van der Waals surface area contributed by atoms with Crippen molar-refractivity contribution >= 4 is 17.5 Å². The van der Waals surface area contributed by atoms with E-state index < -0.39 is 58.0 Å². The van der Waals surface area contributed by atoms with Gasteiger partial charge in [-0.1, -0.05) is 42.0 Å². The Bertz CT molecular complexity index is 1690. The number of aliphatic hydroxyl groups is 3. The van der Waals surface area contributed by atoms with Gasteiger partial charge >= 0.3 is 0 Å². The maximum Gasteiger partial charge on any atom is 0.255 e. The molecule has 236 valence electrons. The van der Waals surface area contributed by atoms with Crippen molar-refractivity contribution < 1.29 is 34.8 Å². The highest BCUT2D eigenvalue weighted by molar-refractivity contribution is 6.24. The van der Waals surface area contributed by atoms with Crippen LogP contribution in [0.2, 0.25) is 0 Å². The third kappa shape index (κ3) is 4.97. The number of ketones is 2. The number of benzene rings is 2. The number of phenolic OH excluding ortho intramolecular Hbond substituents is 1. The number of carbonyl (C=O) groups excluding carboxylic acids is 3. The molecule has 7 N–H and O–H groups in total. The van der Waals surface area contributed by atoms with Crippen LogP contribution in [0.3, 0.4) is 0 Å². The average Bonchev–Trinajstić information content (AvgIpc) is 3.00. The Balaban J connectivity index is 1.35. The van der Waals surface area contributed by atoms with Crippen molar-refractivity contribution in [1.82, 2.24) is 10.2 Å². The molecule has 0 heterocycles. The van der Waals surface area contributed by atoms with E-state index in [0.29, 0.717) is 12.1 Å². The molecule has 0 saturated carbocycles. The molecule has 6 rings (SSSR count). The Morgan fingerprint density at radius 3 is 2.42 bits per heavy atom. The molecular weight excluding hydrogens is 574 g/mol. The zero-order valence-corrected chi connectivity index (χ0v) is 25.5. The fourth-order valence-electron chi connectivity index (χ4n) is 7.76. The van der Waals surface area contributed by atoms with Crippen LogP contribution >= 0.6 is 0 Å². The van der Waals surface area contributed by atoms with Crippen LogP contribution in [-0.2, 0) is 22.6 Å². The first-order valence-electron chi connectivity index (χ1n) is 15.4. The molecule has 10 heteroatoms. The standard InChI is InChI=1S/C35H39N3O7/c1-38(2)29-24-15-21-14-23-22(20-10-8-19(9-11-20)17-37-16-18-6-4-3-5-7-18)12-13-25(39)27(23)30(40)26(21)32(42)35(24,45)33(43)28(31(29)41)34(36)44/h6,8-13,21,24,29,37,39,41-42,45H,3-5,7,14-17H2,1-2H3,(H2,36,44)/t21-,24-,29-,35-/m0/s1. The molecule has 1 amide bonds. The molecule has 0 saturated heterocycles. The number of amides is 1. The zero-order chi connectivity index (χ0) is 32.2. The van der Waals surface area contributed by atoms with Gasteiger partial charge in [0.25, 0.3) is 5.91 Å². The van der Waals surface area contributed by atoms with Crippen molar-refractivity contribution in [2.24, 2.45) is 17.6 Å². The molecule has 4 aliphatic rings. The van der Waals surface area contributed by atoms with E-state index in [9.17, 15) is 34.8 Å². The summed E-state index contributed by atoms with van der Waals surface area (Å²) in [5.41, 5.74) is 6.53. The summed E-state index contributed by atoms with van der Waals surface area (Å²) < 4.78 is 0. The molecule has 0 unspecified atom stereocenters. The van der Waals surface area contributed by atoms with Gasteiger partial charge in [0.05, 0.1) is 11.6 Å². The number of aromatic hydroxyl groups is 1. The number of Topliss-reactive ketones (excluding diaryl/α,β-unsaturated/α-hetero) is 2. The quantitative estimate of drug-likeness (QED) is 0.202. The van der Waals surface area contributed by atoms with Crippen molar-refractivity contribution in [3.05, 3.63) is 87.4 Å². The lowest BCUT2D eigenvalue weighted by Crippen LogP contribution is -2.63. The average molecular weight is 614 g/mol. The Morgan fingerprint density at radius 2 is 1.78 bits per heavy atom. The van der Waals surface area contributed by atoms with Crippen LogP contribution in [-0.4, -0.2) is 75.1 Å². The molecule has 0 bridgehead atoms. The molecule has 2 aromatic rings. The van der Waals surface area contributed by atoms with Gasteiger partial charge in [-0.05, 0) is 86.9 Å². The van der Waals surface area contributed by atoms with Crippen LogP contribution in [0, 0.1) is 11.8 Å². The second-order valence-corrected chi connectivity index (χ2v) is 12.9. The van der Waals surface area contributed by atoms with Crippen LogP contribution in [0.4, 0.5) is 0 Å². The summed E-state index contributed by atoms with van der Waals surface area (Å²) in [6.45, 7) is 1.58. The number of likely N-dealkylation sites (N-methyl/N-ethyl adjacent to an activating group) is 1. The van der Waals surface area contributed by atoms with Gasteiger partial charge in [-0.25, -0.2) is 0 Å². The molecule has 4 aliphatic carbocycles. The minimum absolute atomic E-state index is 0.000202. The number of hydrogen-bond donors (Lipinski definition) is 6. The Morgan fingerprint density at radius 1 is 1.04 bits per heavy atom. The first-order chi connectivity index (χ1) is 21.4. The normalized spacial score (nSPS) is 26.4. The number of fused-ring (bicyclic) bond motifs is 3. The lowest BCUT2D eigenvalue weighted by Gasteiger charge is -2.50. The van der Waals surface area contributed by atoms with E-state index in [1.165, 1.54) is 29.4 Å². The zero-order valence-electron chi connectivity index (χ0n) is 25.5. The van der Waals surface area contributed by atoms with Gasteiger partial charge in [-0.2, -0.15) is 0 Å². The third-order valence-corrected chi connectivity index (χ3v) is 9.94. The minimum atomic E-state index is -2.66. The Labute approximate surface area is 261 Å². The summed E-state index contributed by atoms with van der Waals surface area (Å²) in [5.74, 6) is -6.63. The number of phenols is 1. The predicted octanol–water partition coefficient (Wildman–Crippen LogP) is 3.38. The van der Waals surface area contributed by atoms with Crippen LogP contribution in [0.5, 0.6) is 5.75 Å². The maximum absolute atomic E-state index is 14.0. The number of nitrogens with two attached hydrogens (primary N) is 1. The third-order valence-electron chi connectivity index (χ3n) is 9.94. The molecule has 2 aromatic carbocycles. The smallest absolute Gasteiger partial charge is 0.255 e. The van der Waals surface area contributed by atoms with E-state index in [4.69, 9.17) is 5.73 Å². The summed E-state index contributed by atoms with van der Waals surface area (Å²) in [6.07, 6.45) is 7.39. The molecule has 0 aliphatic heterocycles. The van der Waals surface area contributed by atoms with E-state index in [0.717, 1.165) is 36.1 Å². The van der Waals surface area contributed by atoms with Gasteiger partial charge in [-0.15, -0.1) is 0 Å². The van der Waals surface area contributed by atoms with Gasteiger partial charge in [0.2, 0.25) is 5.78 Å². The molecule has 0 spiro atoms. The van der Waals surface area contributed by atoms with Crippen molar-refractivity contribution in [3.63, 3.8) is 0 Å². The number of nitrogens with one attached hydrogen (secondary N) is 1. The summed E-state index contributed by atoms with van der Waals surface area (Å²) in [7, 11) is 3.21. The van der Waals surface area contributed by atoms with Crippen LogP contribution < -0.4 is 11.1 Å². The fourth-order valence-corrected chi connectivity index (χ4v) is 7.76. The van der Waals surface area contributed by atoms with Crippen LogP contribution in [0.1, 0.15) is 53.6 Å².